The zero-order valence-corrected chi connectivity index (χ0v) is 13.8. The molecule has 0 saturated carbocycles. The zero-order chi connectivity index (χ0) is 18.4. The van der Waals surface area contributed by atoms with Gasteiger partial charge in [0.2, 0.25) is 5.91 Å². The molecular formula is C20H16F2N2O2. The van der Waals surface area contributed by atoms with Gasteiger partial charge in [-0.05, 0) is 29.7 Å². The topological polar surface area (TPSA) is 43.3 Å². The van der Waals surface area contributed by atoms with Crippen LogP contribution in [0.4, 0.5) is 8.78 Å². The minimum absolute atomic E-state index is 0.0549. The van der Waals surface area contributed by atoms with E-state index in [9.17, 15) is 13.6 Å². The van der Waals surface area contributed by atoms with Crippen molar-refractivity contribution in [3.05, 3.63) is 66.4 Å². The smallest absolute Gasteiger partial charge is 0.240 e. The summed E-state index contributed by atoms with van der Waals surface area (Å²) in [5.74, 6) is 3.71. The van der Waals surface area contributed by atoms with E-state index in [1.165, 1.54) is 6.07 Å². The molecule has 0 aliphatic rings. The fourth-order valence-electron chi connectivity index (χ4n) is 2.45. The third kappa shape index (κ3) is 4.39. The number of para-hydroxylation sites is 1. The van der Waals surface area contributed by atoms with Gasteiger partial charge in [-0.25, -0.2) is 8.78 Å². The molecule has 1 heterocycles. The maximum absolute atomic E-state index is 13.4. The van der Waals surface area contributed by atoms with E-state index in [-0.39, 0.29) is 31.4 Å². The average molecular weight is 354 g/mol. The fraction of sp³-hybridized carbons (Fsp3) is 0.150. The van der Waals surface area contributed by atoms with Gasteiger partial charge in [0.1, 0.15) is 19.0 Å². The lowest BCUT2D eigenvalue weighted by Crippen LogP contribution is -2.27. The number of carbonyl (C=O) groups excluding carboxylic acids is 1. The first kappa shape index (κ1) is 17.5. The highest BCUT2D eigenvalue weighted by Gasteiger charge is 2.05. The Morgan fingerprint density at radius 3 is 2.81 bits per heavy atom. The maximum atomic E-state index is 13.4. The van der Waals surface area contributed by atoms with Crippen molar-refractivity contribution in [2.24, 2.45) is 0 Å². The molecule has 0 saturated heterocycles. The molecule has 132 valence electrons. The Kier molecular flexibility index (Phi) is 5.49. The summed E-state index contributed by atoms with van der Waals surface area (Å²) in [6.45, 7) is 0.306. The van der Waals surface area contributed by atoms with Crippen molar-refractivity contribution in [3.63, 3.8) is 0 Å². The number of amides is 1. The number of carbonyl (C=O) groups is 1. The second kappa shape index (κ2) is 8.17. The number of benzene rings is 2. The van der Waals surface area contributed by atoms with Gasteiger partial charge in [0.15, 0.2) is 11.6 Å². The van der Waals surface area contributed by atoms with Gasteiger partial charge in [0.05, 0.1) is 6.54 Å². The molecule has 0 aliphatic heterocycles. The quantitative estimate of drug-likeness (QED) is 0.716. The highest BCUT2D eigenvalue weighted by Crippen LogP contribution is 2.17. The number of hydrogen-bond acceptors (Lipinski definition) is 2. The summed E-state index contributed by atoms with van der Waals surface area (Å²) >= 11 is 0. The first-order chi connectivity index (χ1) is 12.6. The van der Waals surface area contributed by atoms with Crippen LogP contribution in [0.3, 0.4) is 0 Å². The number of fused-ring (bicyclic) bond motifs is 1. The lowest BCUT2D eigenvalue weighted by Gasteiger charge is -2.05. The molecule has 4 nitrogen and oxygen atoms in total. The van der Waals surface area contributed by atoms with Crippen molar-refractivity contribution >= 4 is 16.8 Å². The van der Waals surface area contributed by atoms with E-state index < -0.39 is 11.6 Å². The Balaban J connectivity index is 1.43. The SMILES string of the molecule is O=C(Cn1ccc2ccccc21)NCC#CCOc1ccc(F)cc1F. The van der Waals surface area contributed by atoms with E-state index in [1.54, 1.807) is 0 Å². The van der Waals surface area contributed by atoms with Crippen molar-refractivity contribution < 1.29 is 18.3 Å². The summed E-state index contributed by atoms with van der Waals surface area (Å²) < 4.78 is 33.1. The normalized spacial score (nSPS) is 10.2. The number of rotatable bonds is 5. The van der Waals surface area contributed by atoms with Crippen molar-refractivity contribution in [3.8, 4) is 17.6 Å². The summed E-state index contributed by atoms with van der Waals surface area (Å²) in [5, 5.41) is 3.76. The largest absolute Gasteiger partial charge is 0.478 e. The summed E-state index contributed by atoms with van der Waals surface area (Å²) in [5.41, 5.74) is 0.989. The minimum Gasteiger partial charge on any atom is -0.478 e. The monoisotopic (exact) mass is 354 g/mol. The predicted octanol–water partition coefficient (Wildman–Crippen LogP) is 3.12. The molecule has 1 N–H and O–H groups in total. The van der Waals surface area contributed by atoms with Gasteiger partial charge in [-0.15, -0.1) is 0 Å². The molecule has 26 heavy (non-hydrogen) atoms. The van der Waals surface area contributed by atoms with Crippen molar-refractivity contribution in [1.29, 1.82) is 0 Å². The second-order valence-corrected chi connectivity index (χ2v) is 5.50. The number of halogens is 2. The molecule has 1 amide bonds. The molecule has 0 unspecified atom stereocenters. The Bertz CT molecular complexity index is 986. The molecule has 0 fully saturated rings. The number of nitrogens with zero attached hydrogens (tertiary/aromatic N) is 1. The third-order valence-corrected chi connectivity index (χ3v) is 3.69. The molecule has 0 radical (unpaired) electrons. The van der Waals surface area contributed by atoms with Crippen LogP contribution >= 0.6 is 0 Å². The van der Waals surface area contributed by atoms with E-state index in [2.05, 4.69) is 17.2 Å². The average Bonchev–Trinajstić information content (AvgIpc) is 3.02. The van der Waals surface area contributed by atoms with Crippen LogP contribution in [-0.2, 0) is 11.3 Å². The van der Waals surface area contributed by atoms with Crippen LogP contribution in [0.15, 0.2) is 54.7 Å². The van der Waals surface area contributed by atoms with Crippen LogP contribution in [0.1, 0.15) is 0 Å². The molecule has 3 aromatic rings. The van der Waals surface area contributed by atoms with E-state index in [0.717, 1.165) is 23.0 Å². The Hall–Kier alpha value is -3.33. The number of nitrogens with one attached hydrogen (secondary N) is 1. The van der Waals surface area contributed by atoms with Gasteiger partial charge in [0.25, 0.3) is 0 Å². The predicted molar refractivity (Wildman–Crippen MR) is 94.6 cm³/mol. The Morgan fingerprint density at radius 2 is 1.96 bits per heavy atom. The number of hydrogen-bond donors (Lipinski definition) is 1. The first-order valence-electron chi connectivity index (χ1n) is 7.97. The van der Waals surface area contributed by atoms with E-state index in [1.807, 2.05) is 41.1 Å². The second-order valence-electron chi connectivity index (χ2n) is 5.50. The van der Waals surface area contributed by atoms with Crippen LogP contribution in [0.2, 0.25) is 0 Å². The lowest BCUT2D eigenvalue weighted by atomic mass is 10.2. The lowest BCUT2D eigenvalue weighted by molar-refractivity contribution is -0.121. The van der Waals surface area contributed by atoms with Gasteiger partial charge in [-0.2, -0.15) is 0 Å². The molecule has 3 rings (SSSR count). The van der Waals surface area contributed by atoms with E-state index in [0.29, 0.717) is 0 Å². The van der Waals surface area contributed by atoms with Crippen LogP contribution < -0.4 is 10.1 Å². The molecule has 1 aromatic heterocycles. The first-order valence-corrected chi connectivity index (χ1v) is 7.97. The fourth-order valence-corrected chi connectivity index (χ4v) is 2.45. The maximum Gasteiger partial charge on any atom is 0.240 e. The third-order valence-electron chi connectivity index (χ3n) is 3.69. The van der Waals surface area contributed by atoms with Gasteiger partial charge in [-0.1, -0.05) is 30.0 Å². The molecule has 0 atom stereocenters. The molecule has 2 aromatic carbocycles. The van der Waals surface area contributed by atoms with Crippen LogP contribution in [0, 0.1) is 23.5 Å². The molecule has 0 aliphatic carbocycles. The minimum atomic E-state index is -0.779. The number of ether oxygens (including phenoxy) is 1. The summed E-state index contributed by atoms with van der Waals surface area (Å²) in [7, 11) is 0. The van der Waals surface area contributed by atoms with Crippen molar-refractivity contribution in [2.75, 3.05) is 13.2 Å². The van der Waals surface area contributed by atoms with E-state index >= 15 is 0 Å². The van der Waals surface area contributed by atoms with Crippen molar-refractivity contribution in [1.82, 2.24) is 9.88 Å². The molecule has 0 bridgehead atoms. The summed E-state index contributed by atoms with van der Waals surface area (Å²) in [6, 6.07) is 12.8. The van der Waals surface area contributed by atoms with E-state index in [4.69, 9.17) is 4.74 Å². The van der Waals surface area contributed by atoms with Gasteiger partial charge in [-0.3, -0.25) is 4.79 Å². The van der Waals surface area contributed by atoms with Gasteiger partial charge in [0, 0.05) is 17.8 Å². The van der Waals surface area contributed by atoms with Gasteiger partial charge >= 0.3 is 0 Å². The van der Waals surface area contributed by atoms with Crippen LogP contribution in [0.5, 0.6) is 5.75 Å². The highest BCUT2D eigenvalue weighted by atomic mass is 19.1. The van der Waals surface area contributed by atoms with Crippen molar-refractivity contribution in [2.45, 2.75) is 6.54 Å². The Labute approximate surface area is 149 Å². The Morgan fingerprint density at radius 1 is 1.12 bits per heavy atom. The van der Waals surface area contributed by atoms with Crippen LogP contribution in [0.25, 0.3) is 10.9 Å². The molecule has 0 spiro atoms. The summed E-state index contributed by atoms with van der Waals surface area (Å²) in [4.78, 5) is 12.0. The highest BCUT2D eigenvalue weighted by molar-refractivity contribution is 5.83. The molecular weight excluding hydrogens is 338 g/mol. The van der Waals surface area contributed by atoms with Crippen LogP contribution in [-0.4, -0.2) is 23.6 Å². The zero-order valence-electron chi connectivity index (χ0n) is 13.8. The summed E-state index contributed by atoms with van der Waals surface area (Å²) in [6.07, 6.45) is 1.86. The standard InChI is InChI=1S/C20H16F2N2O2/c21-16-7-8-19(17(22)13-16)26-12-4-3-10-23-20(25)14-24-11-9-15-5-1-2-6-18(15)24/h1-2,5-9,11,13H,10,12,14H2,(H,23,25). The molecule has 6 heteroatoms. The van der Waals surface area contributed by atoms with Gasteiger partial charge < -0.3 is 14.6 Å². The number of aromatic nitrogens is 1.